The molecule has 4 unspecified atom stereocenters. The third-order valence-corrected chi connectivity index (χ3v) is 20.0. The summed E-state index contributed by atoms with van der Waals surface area (Å²) >= 11 is 0. The lowest BCUT2D eigenvalue weighted by Gasteiger charge is -2.21. The summed E-state index contributed by atoms with van der Waals surface area (Å²) in [6.45, 7) is 9.55. The van der Waals surface area contributed by atoms with Crippen molar-refractivity contribution in [2.45, 2.75) is 394 Å². The molecule has 0 rings (SSSR count). The van der Waals surface area contributed by atoms with Crippen molar-refractivity contribution < 1.29 is 80.2 Å². The van der Waals surface area contributed by atoms with Gasteiger partial charge in [-0.25, -0.2) is 9.13 Å². The van der Waals surface area contributed by atoms with E-state index in [0.29, 0.717) is 25.7 Å². The molecule has 0 aromatic carbocycles. The van der Waals surface area contributed by atoms with E-state index in [1.165, 1.54) is 167 Å². The van der Waals surface area contributed by atoms with Gasteiger partial charge in [0.1, 0.15) is 19.3 Å². The lowest BCUT2D eigenvalue weighted by molar-refractivity contribution is -0.161. The average molecular weight is 1410 g/mol. The second-order valence-electron chi connectivity index (χ2n) is 27.5. The van der Waals surface area contributed by atoms with E-state index < -0.39 is 97.5 Å². The molecule has 0 radical (unpaired) electrons. The van der Waals surface area contributed by atoms with E-state index >= 15 is 0 Å². The van der Waals surface area contributed by atoms with Crippen LogP contribution in [0, 0.1) is 11.8 Å². The maximum Gasteiger partial charge on any atom is 0.472 e. The number of carbonyl (C=O) groups excluding carboxylic acids is 4. The summed E-state index contributed by atoms with van der Waals surface area (Å²) in [4.78, 5) is 72.8. The highest BCUT2D eigenvalue weighted by molar-refractivity contribution is 7.47. The lowest BCUT2D eigenvalue weighted by Crippen LogP contribution is -2.30. The van der Waals surface area contributed by atoms with Crippen molar-refractivity contribution in [3.05, 3.63) is 24.3 Å². The Morgan fingerprint density at radius 2 is 0.583 bits per heavy atom. The van der Waals surface area contributed by atoms with Crippen molar-refractivity contribution in [1.82, 2.24) is 0 Å². The highest BCUT2D eigenvalue weighted by Crippen LogP contribution is 2.45. The SMILES string of the molecule is CCCCCC/C=C\C=C/CCCCCCCC(=O)OC[C@H](COP(=O)(O)OC[C@@H](O)COP(=O)(O)OC[C@@H](COC(=O)CCCCCCCCC(C)CC)OC(=O)CCCCCCCCCCCCCCC)OC(=O)CCCCCCCCCCCCCCCCC(C)CC. The minimum absolute atomic E-state index is 0.101. The van der Waals surface area contributed by atoms with Crippen LogP contribution < -0.4 is 0 Å². The fourth-order valence-corrected chi connectivity index (χ4v) is 12.8. The minimum atomic E-state index is -4.97. The van der Waals surface area contributed by atoms with E-state index in [4.69, 9.17) is 37.0 Å². The Kier molecular flexibility index (Phi) is 66.6. The molecule has 0 aromatic rings. The van der Waals surface area contributed by atoms with Crippen LogP contribution >= 0.6 is 15.6 Å². The van der Waals surface area contributed by atoms with Gasteiger partial charge in [-0.2, -0.15) is 0 Å². The summed E-state index contributed by atoms with van der Waals surface area (Å²) < 4.78 is 68.5. The number of ether oxygens (including phenoxy) is 4. The van der Waals surface area contributed by atoms with Gasteiger partial charge < -0.3 is 33.8 Å². The zero-order chi connectivity index (χ0) is 70.7. The number of allylic oxidation sites excluding steroid dienone is 4. The number of unbranched alkanes of at least 4 members (excludes halogenated alkanes) is 39. The molecule has 0 fully saturated rings. The van der Waals surface area contributed by atoms with Crippen molar-refractivity contribution in [2.75, 3.05) is 39.6 Å². The van der Waals surface area contributed by atoms with Crippen molar-refractivity contribution in [1.29, 1.82) is 0 Å². The fourth-order valence-electron chi connectivity index (χ4n) is 11.2. The zero-order valence-electron chi connectivity index (χ0n) is 62.2. The van der Waals surface area contributed by atoms with Crippen molar-refractivity contribution in [2.24, 2.45) is 11.8 Å². The smallest absolute Gasteiger partial charge is 0.462 e. The zero-order valence-corrected chi connectivity index (χ0v) is 63.9. The lowest BCUT2D eigenvalue weighted by atomic mass is 9.99. The first-order valence-electron chi connectivity index (χ1n) is 39.4. The number of hydrogen-bond acceptors (Lipinski definition) is 15. The number of phosphoric acid groups is 2. The Morgan fingerprint density at radius 3 is 0.885 bits per heavy atom. The Hall–Kier alpha value is -2.46. The monoisotopic (exact) mass is 1410 g/mol. The summed E-state index contributed by atoms with van der Waals surface area (Å²) in [5.74, 6) is -0.572. The molecule has 7 atom stereocenters. The number of phosphoric ester groups is 2. The van der Waals surface area contributed by atoms with Crippen LogP contribution in [0.2, 0.25) is 0 Å². The molecule has 0 saturated heterocycles. The quantitative estimate of drug-likeness (QED) is 0.0169. The number of rotatable bonds is 74. The molecule has 0 aliphatic carbocycles. The first kappa shape index (κ1) is 93.5. The second kappa shape index (κ2) is 68.3. The highest BCUT2D eigenvalue weighted by atomic mass is 31.2. The first-order chi connectivity index (χ1) is 46.4. The number of aliphatic hydroxyl groups excluding tert-OH is 1. The highest BCUT2D eigenvalue weighted by Gasteiger charge is 2.30. The van der Waals surface area contributed by atoms with Crippen LogP contribution in [0.5, 0.6) is 0 Å². The Balaban J connectivity index is 5.29. The van der Waals surface area contributed by atoms with Gasteiger partial charge in [0.05, 0.1) is 26.4 Å². The Labute approximate surface area is 586 Å². The predicted molar refractivity (Wildman–Crippen MR) is 391 cm³/mol. The Morgan fingerprint density at radius 1 is 0.333 bits per heavy atom. The van der Waals surface area contributed by atoms with Gasteiger partial charge in [0.2, 0.25) is 0 Å². The normalized spacial score (nSPS) is 14.7. The topological polar surface area (TPSA) is 237 Å². The second-order valence-corrected chi connectivity index (χ2v) is 30.5. The minimum Gasteiger partial charge on any atom is -0.462 e. The number of hydrogen-bond donors (Lipinski definition) is 3. The van der Waals surface area contributed by atoms with Crippen LogP contribution in [-0.4, -0.2) is 96.7 Å². The largest absolute Gasteiger partial charge is 0.472 e. The van der Waals surface area contributed by atoms with E-state index in [2.05, 4.69) is 65.8 Å². The molecular weight excluding hydrogens is 1260 g/mol. The van der Waals surface area contributed by atoms with Gasteiger partial charge in [0.25, 0.3) is 0 Å². The molecule has 0 aromatic heterocycles. The van der Waals surface area contributed by atoms with Crippen LogP contribution in [0.25, 0.3) is 0 Å². The van der Waals surface area contributed by atoms with Crippen LogP contribution in [-0.2, 0) is 65.4 Å². The van der Waals surface area contributed by atoms with Crippen LogP contribution in [0.15, 0.2) is 24.3 Å². The summed E-state index contributed by atoms with van der Waals surface area (Å²) in [6, 6.07) is 0. The summed E-state index contributed by atoms with van der Waals surface area (Å²) in [6.07, 6.45) is 58.9. The first-order valence-corrected chi connectivity index (χ1v) is 42.4. The molecular formula is C77H146O17P2. The Bertz CT molecular complexity index is 1950. The van der Waals surface area contributed by atoms with Crippen molar-refractivity contribution in [3.63, 3.8) is 0 Å². The number of carbonyl (C=O) groups is 4. The molecule has 96 heavy (non-hydrogen) atoms. The van der Waals surface area contributed by atoms with E-state index in [0.717, 1.165) is 127 Å². The molecule has 0 bridgehead atoms. The molecule has 17 nitrogen and oxygen atoms in total. The van der Waals surface area contributed by atoms with E-state index in [1.807, 2.05) is 0 Å². The van der Waals surface area contributed by atoms with Crippen LogP contribution in [0.4, 0.5) is 0 Å². The van der Waals surface area contributed by atoms with Gasteiger partial charge in [-0.15, -0.1) is 0 Å². The van der Waals surface area contributed by atoms with Crippen LogP contribution in [0.1, 0.15) is 375 Å². The number of esters is 4. The van der Waals surface area contributed by atoms with Gasteiger partial charge in [-0.3, -0.25) is 37.3 Å². The fraction of sp³-hybridized carbons (Fsp3) is 0.896. The predicted octanol–water partition coefficient (Wildman–Crippen LogP) is 22.3. The summed E-state index contributed by atoms with van der Waals surface area (Å²) in [7, 11) is -9.92. The third kappa shape index (κ3) is 67.4. The van der Waals surface area contributed by atoms with Gasteiger partial charge in [0, 0.05) is 25.7 Å². The van der Waals surface area contributed by atoms with E-state index in [9.17, 15) is 43.2 Å². The van der Waals surface area contributed by atoms with Crippen molar-refractivity contribution >= 4 is 39.5 Å². The van der Waals surface area contributed by atoms with Crippen LogP contribution in [0.3, 0.4) is 0 Å². The van der Waals surface area contributed by atoms with Gasteiger partial charge in [0.15, 0.2) is 12.2 Å². The molecule has 0 aliphatic rings. The number of aliphatic hydroxyl groups is 1. The van der Waals surface area contributed by atoms with Gasteiger partial charge in [-0.05, 0) is 63.2 Å². The standard InChI is InChI=1S/C77H146O17P2/c1-7-11-13-15-17-19-21-23-24-29-32-36-40-47-53-59-74(79)87-65-72(93-76(81)62-56-50-42-38-34-30-26-25-28-31-35-39-45-51-57-69(5)9-3)67-91-95(83,84)89-63-71(78)64-90-96(85,86)92-68-73(66-88-75(80)60-54-48-44-43-46-52-58-70(6)10-4)94-77(82)61-55-49-41-37-33-27-22-20-18-16-14-12-8-2/h19,21,23-24,69-73,78H,7-18,20,22,25-68H2,1-6H3,(H,83,84)(H,85,86)/b21-19-,24-23-/t69?,70?,71-,72-,73-/m1/s1. The summed E-state index contributed by atoms with van der Waals surface area (Å²) in [5, 5.41) is 10.6. The van der Waals surface area contributed by atoms with Gasteiger partial charge in [-0.1, -0.05) is 323 Å². The van der Waals surface area contributed by atoms with Gasteiger partial charge >= 0.3 is 39.5 Å². The molecule has 19 heteroatoms. The summed E-state index contributed by atoms with van der Waals surface area (Å²) in [5.41, 5.74) is 0. The van der Waals surface area contributed by atoms with E-state index in [-0.39, 0.29) is 25.7 Å². The molecule has 566 valence electrons. The molecule has 0 aliphatic heterocycles. The average Bonchev–Trinajstić information content (AvgIpc) is 1.22. The van der Waals surface area contributed by atoms with E-state index in [1.54, 1.807) is 0 Å². The van der Waals surface area contributed by atoms with Crippen molar-refractivity contribution in [3.8, 4) is 0 Å². The maximum atomic E-state index is 13.1. The maximum absolute atomic E-state index is 13.1. The molecule has 0 amide bonds. The molecule has 0 heterocycles. The molecule has 3 N–H and O–H groups in total. The third-order valence-electron chi connectivity index (χ3n) is 18.1. The molecule has 0 saturated carbocycles. The molecule has 0 spiro atoms.